The highest BCUT2D eigenvalue weighted by atomic mass is 32.1. The molecule has 0 saturated heterocycles. The van der Waals surface area contributed by atoms with Crippen molar-refractivity contribution in [2.45, 2.75) is 31.6 Å². The Morgan fingerprint density at radius 2 is 1.76 bits per heavy atom. The first-order valence-electron chi connectivity index (χ1n) is 12.6. The molecule has 9 heteroatoms. The lowest BCUT2D eigenvalue weighted by Gasteiger charge is -2.40. The van der Waals surface area contributed by atoms with E-state index in [-0.39, 0.29) is 17.7 Å². The molecule has 1 atom stereocenters. The van der Waals surface area contributed by atoms with Crippen molar-refractivity contribution >= 4 is 28.5 Å². The zero-order valence-corrected chi connectivity index (χ0v) is 22.0. The maximum absolute atomic E-state index is 13.9. The largest absolute Gasteiger partial charge is 0.438 e. The molecule has 192 valence electrons. The van der Waals surface area contributed by atoms with Gasteiger partial charge in [0.2, 0.25) is 16.9 Å². The van der Waals surface area contributed by atoms with Gasteiger partial charge < -0.3 is 15.0 Å². The van der Waals surface area contributed by atoms with Gasteiger partial charge in [0.1, 0.15) is 12.1 Å². The molecule has 0 bridgehead atoms. The van der Waals surface area contributed by atoms with E-state index in [0.717, 1.165) is 53.8 Å². The van der Waals surface area contributed by atoms with E-state index >= 15 is 0 Å². The molecule has 1 unspecified atom stereocenters. The molecule has 2 aromatic carbocycles. The quantitative estimate of drug-likeness (QED) is 0.357. The molecule has 2 aliphatic rings. The fourth-order valence-electron chi connectivity index (χ4n) is 5.74. The van der Waals surface area contributed by atoms with Crippen LogP contribution >= 0.6 is 11.5 Å². The smallest absolute Gasteiger partial charge is 0.253 e. The van der Waals surface area contributed by atoms with Crippen molar-refractivity contribution in [1.29, 1.82) is 0 Å². The number of carbonyl (C=O) groups is 2. The molecular formula is C29H27N5O3S. The molecule has 0 radical (unpaired) electrons. The van der Waals surface area contributed by atoms with Crippen LogP contribution < -0.4 is 10.1 Å². The first-order valence-corrected chi connectivity index (χ1v) is 13.4. The van der Waals surface area contributed by atoms with Gasteiger partial charge in [0.25, 0.3) is 5.91 Å². The fraction of sp³-hybridized carbons (Fsp3) is 0.276. The van der Waals surface area contributed by atoms with Crippen LogP contribution in [0.4, 0.5) is 5.13 Å². The maximum Gasteiger partial charge on any atom is 0.253 e. The highest BCUT2D eigenvalue weighted by molar-refractivity contribution is 7.09. The van der Waals surface area contributed by atoms with E-state index < -0.39 is 5.41 Å². The molecule has 1 saturated carbocycles. The minimum Gasteiger partial charge on any atom is -0.438 e. The predicted molar refractivity (Wildman–Crippen MR) is 145 cm³/mol. The van der Waals surface area contributed by atoms with Crippen LogP contribution in [0.3, 0.4) is 0 Å². The number of nitrogens with zero attached hydrogens (tertiary/aromatic N) is 4. The van der Waals surface area contributed by atoms with E-state index in [0.29, 0.717) is 16.6 Å². The molecule has 1 N–H and O–H groups in total. The van der Waals surface area contributed by atoms with E-state index in [2.05, 4.69) is 20.7 Å². The Labute approximate surface area is 224 Å². The Bertz CT molecular complexity index is 1500. The standard InChI is InChI=1S/C29H27N5O3S/c1-34(2)26(35)19-11-9-18(10-12-19)22-14-13-21-24(20-7-3-4-8-23(20)37-25(21)32-22)29(15-5-6-16-29)27(36)33-28-30-17-31-38-28/h3-4,7-14,17,24H,5-6,15-16H2,1-2H3,(H,30,31,33,36). The number of para-hydroxylation sites is 1. The van der Waals surface area contributed by atoms with Crippen molar-refractivity contribution in [3.63, 3.8) is 0 Å². The summed E-state index contributed by atoms with van der Waals surface area (Å²) in [6, 6.07) is 19.3. The van der Waals surface area contributed by atoms with Gasteiger partial charge in [-0.1, -0.05) is 49.2 Å². The van der Waals surface area contributed by atoms with Crippen LogP contribution in [0.1, 0.15) is 53.1 Å². The second kappa shape index (κ2) is 9.64. The van der Waals surface area contributed by atoms with Crippen LogP contribution in [0.5, 0.6) is 11.6 Å². The van der Waals surface area contributed by atoms with E-state index in [1.165, 1.54) is 17.9 Å². The van der Waals surface area contributed by atoms with Gasteiger partial charge in [-0.3, -0.25) is 9.59 Å². The summed E-state index contributed by atoms with van der Waals surface area (Å²) in [6.07, 6.45) is 4.93. The monoisotopic (exact) mass is 525 g/mol. The minimum absolute atomic E-state index is 0.0374. The lowest BCUT2D eigenvalue weighted by Crippen LogP contribution is -2.40. The van der Waals surface area contributed by atoms with Gasteiger partial charge in [0, 0.05) is 53.8 Å². The van der Waals surface area contributed by atoms with Crippen molar-refractivity contribution in [3.05, 3.63) is 83.7 Å². The molecule has 0 spiro atoms. The van der Waals surface area contributed by atoms with E-state index in [9.17, 15) is 9.59 Å². The molecule has 2 aromatic heterocycles. The Kier molecular flexibility index (Phi) is 6.15. The van der Waals surface area contributed by atoms with Gasteiger partial charge >= 0.3 is 0 Å². The van der Waals surface area contributed by atoms with Crippen molar-refractivity contribution in [2.24, 2.45) is 5.41 Å². The lowest BCUT2D eigenvalue weighted by molar-refractivity contribution is -0.126. The first kappa shape index (κ1) is 24.2. The van der Waals surface area contributed by atoms with Gasteiger partial charge in [-0.05, 0) is 37.1 Å². The number of carbonyl (C=O) groups excluding carboxylic acids is 2. The summed E-state index contributed by atoms with van der Waals surface area (Å²) in [5, 5.41) is 3.54. The molecule has 2 amide bonds. The third kappa shape index (κ3) is 4.12. The number of benzene rings is 2. The Hall–Kier alpha value is -4.11. The summed E-state index contributed by atoms with van der Waals surface area (Å²) in [5.74, 6) is 0.932. The number of nitrogens with one attached hydrogen (secondary N) is 1. The average Bonchev–Trinajstić information content (AvgIpc) is 3.64. The topological polar surface area (TPSA) is 97.3 Å². The van der Waals surface area contributed by atoms with Crippen LogP contribution in [-0.4, -0.2) is 45.2 Å². The fourth-order valence-corrected chi connectivity index (χ4v) is 6.16. The Morgan fingerprint density at radius 1 is 1.00 bits per heavy atom. The van der Waals surface area contributed by atoms with Crippen molar-refractivity contribution in [3.8, 4) is 22.9 Å². The van der Waals surface area contributed by atoms with Crippen molar-refractivity contribution in [2.75, 3.05) is 19.4 Å². The third-order valence-electron chi connectivity index (χ3n) is 7.55. The van der Waals surface area contributed by atoms with E-state index in [1.54, 1.807) is 19.0 Å². The molecule has 8 nitrogen and oxygen atoms in total. The number of fused-ring (bicyclic) bond motifs is 2. The number of amides is 2. The normalized spacial score (nSPS) is 17.2. The minimum atomic E-state index is -0.655. The van der Waals surface area contributed by atoms with Crippen molar-refractivity contribution < 1.29 is 14.3 Å². The molecular weight excluding hydrogens is 498 g/mol. The second-order valence-electron chi connectivity index (χ2n) is 10.0. The number of hydrogen-bond acceptors (Lipinski definition) is 7. The number of hydrogen-bond donors (Lipinski definition) is 1. The van der Waals surface area contributed by atoms with Gasteiger partial charge in [0.05, 0.1) is 11.1 Å². The van der Waals surface area contributed by atoms with Crippen LogP contribution in [0, 0.1) is 5.41 Å². The Morgan fingerprint density at radius 3 is 2.47 bits per heavy atom. The van der Waals surface area contributed by atoms with Crippen LogP contribution in [-0.2, 0) is 4.79 Å². The van der Waals surface area contributed by atoms with Gasteiger partial charge in [0.15, 0.2) is 0 Å². The van der Waals surface area contributed by atoms with Crippen LogP contribution in [0.25, 0.3) is 11.3 Å². The molecule has 6 rings (SSSR count). The zero-order chi connectivity index (χ0) is 26.3. The molecule has 4 aromatic rings. The molecule has 1 aliphatic heterocycles. The van der Waals surface area contributed by atoms with Crippen molar-refractivity contribution in [1.82, 2.24) is 19.2 Å². The summed E-state index contributed by atoms with van der Waals surface area (Å²) >= 11 is 1.18. The van der Waals surface area contributed by atoms with E-state index in [4.69, 9.17) is 9.72 Å². The SMILES string of the molecule is CN(C)C(=O)c1ccc(-c2ccc3c(n2)Oc2ccccc2C3C2(C(=O)Nc3ncns3)CCCC2)cc1. The van der Waals surface area contributed by atoms with Crippen LogP contribution in [0.15, 0.2) is 67.0 Å². The highest BCUT2D eigenvalue weighted by Crippen LogP contribution is 2.58. The molecule has 38 heavy (non-hydrogen) atoms. The Balaban J connectivity index is 1.41. The lowest BCUT2D eigenvalue weighted by atomic mass is 9.66. The van der Waals surface area contributed by atoms with Crippen LogP contribution in [0.2, 0.25) is 0 Å². The zero-order valence-electron chi connectivity index (χ0n) is 21.2. The molecule has 3 heterocycles. The summed E-state index contributed by atoms with van der Waals surface area (Å²) in [7, 11) is 3.47. The highest BCUT2D eigenvalue weighted by Gasteiger charge is 2.52. The molecule has 1 fully saturated rings. The summed E-state index contributed by atoms with van der Waals surface area (Å²) < 4.78 is 10.4. The predicted octanol–water partition coefficient (Wildman–Crippen LogP) is 5.74. The van der Waals surface area contributed by atoms with Gasteiger partial charge in [-0.25, -0.2) is 9.97 Å². The summed E-state index contributed by atoms with van der Waals surface area (Å²) in [6.45, 7) is 0. The van der Waals surface area contributed by atoms with E-state index in [1.807, 2.05) is 54.6 Å². The van der Waals surface area contributed by atoms with Gasteiger partial charge in [-0.15, -0.1) is 0 Å². The van der Waals surface area contributed by atoms with Gasteiger partial charge in [-0.2, -0.15) is 4.37 Å². The third-order valence-corrected chi connectivity index (χ3v) is 8.13. The maximum atomic E-state index is 13.9. The number of anilines is 1. The number of ether oxygens (including phenoxy) is 1. The summed E-state index contributed by atoms with van der Waals surface area (Å²) in [4.78, 5) is 36.9. The number of pyridine rings is 1. The first-order chi connectivity index (χ1) is 18.5. The second-order valence-corrected chi connectivity index (χ2v) is 10.8. The average molecular weight is 526 g/mol. The number of rotatable bonds is 5. The summed E-state index contributed by atoms with van der Waals surface area (Å²) in [5.41, 5.74) is 3.48. The number of aromatic nitrogens is 3. The molecule has 1 aliphatic carbocycles.